The smallest absolute Gasteiger partial charge is 0.319 e. The highest BCUT2D eigenvalue weighted by Gasteiger charge is 2.47. The lowest BCUT2D eigenvalue weighted by atomic mass is 9.85. The van der Waals surface area contributed by atoms with Crippen LogP contribution in [-0.4, -0.2) is 36.6 Å². The van der Waals surface area contributed by atoms with Gasteiger partial charge in [0.1, 0.15) is 5.41 Å². The van der Waals surface area contributed by atoms with Crippen molar-refractivity contribution < 1.29 is 14.7 Å². The molecule has 1 aliphatic heterocycles. The predicted octanol–water partition coefficient (Wildman–Crippen LogP) is 1.53. The van der Waals surface area contributed by atoms with E-state index in [1.165, 1.54) is 12.8 Å². The first-order valence-corrected chi connectivity index (χ1v) is 7.87. The number of carbonyl (C=O) groups is 2. The van der Waals surface area contributed by atoms with Crippen LogP contribution in [0.15, 0.2) is 0 Å². The summed E-state index contributed by atoms with van der Waals surface area (Å²) in [5.74, 6) is -0.466. The number of piperidine rings is 1. The Labute approximate surface area is 120 Å². The summed E-state index contributed by atoms with van der Waals surface area (Å²) in [4.78, 5) is 23.5. The van der Waals surface area contributed by atoms with Gasteiger partial charge in [-0.15, -0.1) is 0 Å². The Kier molecular flexibility index (Phi) is 5.40. The molecule has 0 spiro atoms. The summed E-state index contributed by atoms with van der Waals surface area (Å²) in [7, 11) is 0. The van der Waals surface area contributed by atoms with E-state index in [1.807, 2.05) is 0 Å². The van der Waals surface area contributed by atoms with E-state index in [1.54, 1.807) is 0 Å². The van der Waals surface area contributed by atoms with E-state index >= 15 is 0 Å². The fourth-order valence-electron chi connectivity index (χ4n) is 3.45. The highest BCUT2D eigenvalue weighted by atomic mass is 16.4. The second-order valence-corrected chi connectivity index (χ2v) is 6.19. The van der Waals surface area contributed by atoms with Gasteiger partial charge in [-0.25, -0.2) is 0 Å². The minimum Gasteiger partial charge on any atom is -0.480 e. The number of hydrogen-bond donors (Lipinski definition) is 3. The van der Waals surface area contributed by atoms with E-state index in [4.69, 9.17) is 0 Å². The third-order valence-corrected chi connectivity index (χ3v) is 4.83. The number of rotatable bonds is 6. The molecule has 0 radical (unpaired) electrons. The van der Waals surface area contributed by atoms with Crippen LogP contribution < -0.4 is 10.6 Å². The molecule has 2 aliphatic rings. The molecule has 3 N–H and O–H groups in total. The molecule has 1 aliphatic carbocycles. The highest BCUT2D eigenvalue weighted by molar-refractivity contribution is 6.02. The molecule has 114 valence electrons. The first-order chi connectivity index (χ1) is 9.65. The number of aliphatic carboxylic acids is 1. The van der Waals surface area contributed by atoms with Gasteiger partial charge in [0.15, 0.2) is 0 Å². The van der Waals surface area contributed by atoms with Crippen molar-refractivity contribution in [2.45, 2.75) is 51.4 Å². The highest BCUT2D eigenvalue weighted by Crippen LogP contribution is 2.38. The lowest BCUT2D eigenvalue weighted by Crippen LogP contribution is -2.45. The molecule has 0 aromatic heterocycles. The van der Waals surface area contributed by atoms with Crippen LogP contribution in [-0.2, 0) is 9.59 Å². The number of carbonyl (C=O) groups excluding carboxylic acids is 1. The van der Waals surface area contributed by atoms with Crippen molar-refractivity contribution in [3.05, 3.63) is 0 Å². The minimum atomic E-state index is -1.14. The largest absolute Gasteiger partial charge is 0.480 e. The quantitative estimate of drug-likeness (QED) is 0.510. The molecule has 0 atom stereocenters. The van der Waals surface area contributed by atoms with Crippen molar-refractivity contribution in [1.82, 2.24) is 10.6 Å². The number of carboxylic acids is 1. The summed E-state index contributed by atoms with van der Waals surface area (Å²) in [6.07, 6.45) is 7.17. The third kappa shape index (κ3) is 3.51. The van der Waals surface area contributed by atoms with Gasteiger partial charge < -0.3 is 15.7 Å². The summed E-state index contributed by atoms with van der Waals surface area (Å²) in [6, 6.07) is 0. The minimum absolute atomic E-state index is 0.271. The maximum Gasteiger partial charge on any atom is 0.319 e. The van der Waals surface area contributed by atoms with Gasteiger partial charge in [-0.2, -0.15) is 0 Å². The van der Waals surface area contributed by atoms with Crippen LogP contribution >= 0.6 is 0 Å². The zero-order valence-corrected chi connectivity index (χ0v) is 12.1. The lowest BCUT2D eigenvalue weighted by Gasteiger charge is -2.24. The summed E-state index contributed by atoms with van der Waals surface area (Å²) in [5, 5.41) is 15.5. The van der Waals surface area contributed by atoms with Crippen molar-refractivity contribution in [1.29, 1.82) is 0 Å². The molecule has 0 unspecified atom stereocenters. The molecule has 2 fully saturated rings. The zero-order valence-electron chi connectivity index (χ0n) is 12.1. The van der Waals surface area contributed by atoms with Gasteiger partial charge in [0.05, 0.1) is 0 Å². The van der Waals surface area contributed by atoms with E-state index < -0.39 is 11.4 Å². The molecule has 1 saturated carbocycles. The first kappa shape index (κ1) is 15.3. The SMILES string of the molecule is O=C(O)C1(C(=O)NCCCC2CCNCC2)CCCC1. The molecule has 2 rings (SSSR count). The fourth-order valence-corrected chi connectivity index (χ4v) is 3.45. The van der Waals surface area contributed by atoms with Gasteiger partial charge in [0, 0.05) is 6.54 Å². The summed E-state index contributed by atoms with van der Waals surface area (Å²) in [6.45, 7) is 2.80. The third-order valence-electron chi connectivity index (χ3n) is 4.83. The van der Waals surface area contributed by atoms with E-state index in [0.29, 0.717) is 19.4 Å². The molecular weight excluding hydrogens is 256 g/mol. The van der Waals surface area contributed by atoms with Crippen molar-refractivity contribution >= 4 is 11.9 Å². The van der Waals surface area contributed by atoms with Crippen LogP contribution in [0.5, 0.6) is 0 Å². The second-order valence-electron chi connectivity index (χ2n) is 6.19. The molecule has 0 bridgehead atoms. The Balaban J connectivity index is 1.70. The van der Waals surface area contributed by atoms with Crippen LogP contribution in [0.4, 0.5) is 0 Å². The van der Waals surface area contributed by atoms with Gasteiger partial charge in [-0.1, -0.05) is 12.8 Å². The van der Waals surface area contributed by atoms with Crippen molar-refractivity contribution in [2.24, 2.45) is 11.3 Å². The van der Waals surface area contributed by atoms with Gasteiger partial charge >= 0.3 is 5.97 Å². The van der Waals surface area contributed by atoms with Crippen LogP contribution in [0, 0.1) is 11.3 Å². The maximum atomic E-state index is 12.2. The first-order valence-electron chi connectivity index (χ1n) is 7.87. The van der Waals surface area contributed by atoms with Crippen molar-refractivity contribution in [3.8, 4) is 0 Å². The van der Waals surface area contributed by atoms with Crippen LogP contribution in [0.1, 0.15) is 51.4 Å². The summed E-state index contributed by atoms with van der Waals surface area (Å²) < 4.78 is 0. The van der Waals surface area contributed by atoms with Crippen LogP contribution in [0.3, 0.4) is 0 Å². The molecule has 5 heteroatoms. The normalized spacial score (nSPS) is 22.6. The van der Waals surface area contributed by atoms with Gasteiger partial charge in [-0.05, 0) is 57.5 Å². The van der Waals surface area contributed by atoms with Gasteiger partial charge in [0.2, 0.25) is 5.91 Å². The lowest BCUT2D eigenvalue weighted by molar-refractivity contribution is -0.155. The molecule has 20 heavy (non-hydrogen) atoms. The molecule has 0 aromatic carbocycles. The van der Waals surface area contributed by atoms with E-state index in [-0.39, 0.29) is 5.91 Å². The molecule has 0 aromatic rings. The summed E-state index contributed by atoms with van der Waals surface area (Å²) in [5.41, 5.74) is -1.14. The summed E-state index contributed by atoms with van der Waals surface area (Å²) >= 11 is 0. The number of carboxylic acid groups (broad SMARTS) is 1. The van der Waals surface area contributed by atoms with E-state index in [9.17, 15) is 14.7 Å². The topological polar surface area (TPSA) is 78.4 Å². The van der Waals surface area contributed by atoms with E-state index in [2.05, 4.69) is 10.6 Å². The Morgan fingerprint density at radius 1 is 1.20 bits per heavy atom. The Morgan fingerprint density at radius 3 is 2.45 bits per heavy atom. The number of nitrogens with one attached hydrogen (secondary N) is 2. The van der Waals surface area contributed by atoms with Crippen LogP contribution in [0.25, 0.3) is 0 Å². The maximum absolute atomic E-state index is 12.2. The number of amides is 1. The van der Waals surface area contributed by atoms with Crippen LogP contribution in [0.2, 0.25) is 0 Å². The number of hydrogen-bond acceptors (Lipinski definition) is 3. The Morgan fingerprint density at radius 2 is 1.85 bits per heavy atom. The average molecular weight is 282 g/mol. The van der Waals surface area contributed by atoms with E-state index in [0.717, 1.165) is 44.7 Å². The molecule has 1 amide bonds. The molecule has 1 saturated heterocycles. The average Bonchev–Trinajstić information content (AvgIpc) is 2.95. The molecular formula is C15H26N2O3. The monoisotopic (exact) mass is 282 g/mol. The fraction of sp³-hybridized carbons (Fsp3) is 0.867. The van der Waals surface area contributed by atoms with Crippen molar-refractivity contribution in [2.75, 3.05) is 19.6 Å². The van der Waals surface area contributed by atoms with Crippen molar-refractivity contribution in [3.63, 3.8) is 0 Å². The predicted molar refractivity (Wildman–Crippen MR) is 76.4 cm³/mol. The zero-order chi connectivity index (χ0) is 14.4. The molecule has 5 nitrogen and oxygen atoms in total. The van der Waals surface area contributed by atoms with Gasteiger partial charge in [-0.3, -0.25) is 9.59 Å². The Bertz CT molecular complexity index is 345. The molecule has 1 heterocycles. The standard InChI is InChI=1S/C15H26N2O3/c18-13(15(14(19)20)7-1-2-8-15)17-9-3-4-12-5-10-16-11-6-12/h12,16H,1-11H2,(H,17,18)(H,19,20). The Hall–Kier alpha value is -1.10. The van der Waals surface area contributed by atoms with Gasteiger partial charge in [0.25, 0.3) is 0 Å². The second kappa shape index (κ2) is 7.07.